The molecule has 1 aromatic carbocycles. The van der Waals surface area contributed by atoms with Crippen molar-refractivity contribution in [1.29, 1.82) is 0 Å². The summed E-state index contributed by atoms with van der Waals surface area (Å²) in [5.74, 6) is 0.302. The Hall–Kier alpha value is -2.88. The summed E-state index contributed by atoms with van der Waals surface area (Å²) in [6.07, 6.45) is 7.54. The minimum absolute atomic E-state index is 0.0524. The number of fused-ring (bicyclic) bond motifs is 3. The molecule has 2 aromatic heterocycles. The van der Waals surface area contributed by atoms with Gasteiger partial charge in [0.2, 0.25) is 5.91 Å². The Kier molecular flexibility index (Phi) is 8.46. The molecule has 0 atom stereocenters. The van der Waals surface area contributed by atoms with Crippen molar-refractivity contribution in [3.8, 4) is 11.3 Å². The molecular formula is C36H49N5O3S. The average Bonchev–Trinajstić information content (AvgIpc) is 3.81. The van der Waals surface area contributed by atoms with Crippen molar-refractivity contribution in [3.63, 3.8) is 0 Å². The van der Waals surface area contributed by atoms with Crippen LogP contribution in [-0.4, -0.2) is 95.7 Å². The van der Waals surface area contributed by atoms with E-state index in [1.807, 2.05) is 4.90 Å². The molecule has 0 saturated carbocycles. The molecule has 0 radical (unpaired) electrons. The number of morpholine rings is 1. The van der Waals surface area contributed by atoms with Gasteiger partial charge in [-0.15, -0.1) is 11.3 Å². The molecule has 4 aliphatic rings. The number of aryl methyl sites for hydroxylation is 2. The lowest BCUT2D eigenvalue weighted by Crippen LogP contribution is -2.52. The predicted molar refractivity (Wildman–Crippen MR) is 181 cm³/mol. The molecule has 9 heteroatoms. The quantitative estimate of drug-likeness (QED) is 0.336. The first kappa shape index (κ1) is 30.8. The maximum atomic E-state index is 14.0. The molecule has 2 bridgehead atoms. The van der Waals surface area contributed by atoms with Crippen molar-refractivity contribution in [2.24, 2.45) is 0 Å². The van der Waals surface area contributed by atoms with Gasteiger partial charge >= 0.3 is 6.03 Å². The summed E-state index contributed by atoms with van der Waals surface area (Å²) in [6, 6.07) is 10.3. The zero-order chi connectivity index (χ0) is 31.3. The number of likely N-dealkylation sites (tertiary alicyclic amines) is 1. The van der Waals surface area contributed by atoms with E-state index in [1.165, 1.54) is 63.8 Å². The second kappa shape index (κ2) is 12.4. The van der Waals surface area contributed by atoms with Crippen molar-refractivity contribution in [3.05, 3.63) is 45.8 Å². The molecule has 7 rings (SSSR count). The Morgan fingerprint density at radius 3 is 2.22 bits per heavy atom. The van der Waals surface area contributed by atoms with E-state index in [2.05, 4.69) is 72.1 Å². The average molecular weight is 632 g/mol. The van der Waals surface area contributed by atoms with Crippen LogP contribution in [0.5, 0.6) is 0 Å². The van der Waals surface area contributed by atoms with Gasteiger partial charge in [0.05, 0.1) is 24.3 Å². The van der Waals surface area contributed by atoms with Gasteiger partial charge in [0.15, 0.2) is 0 Å². The highest BCUT2D eigenvalue weighted by atomic mass is 32.1. The maximum absolute atomic E-state index is 14.0. The number of urea groups is 1. The third-order valence-corrected chi connectivity index (χ3v) is 12.2. The van der Waals surface area contributed by atoms with Crippen molar-refractivity contribution in [2.45, 2.75) is 96.2 Å². The summed E-state index contributed by atoms with van der Waals surface area (Å²) in [7, 11) is 0. The lowest BCUT2D eigenvalue weighted by atomic mass is 9.88. The zero-order valence-electron chi connectivity index (χ0n) is 27.4. The number of benzene rings is 1. The predicted octanol–water partition coefficient (Wildman–Crippen LogP) is 5.99. The summed E-state index contributed by atoms with van der Waals surface area (Å²) in [5, 5.41) is 4.54. The fraction of sp³-hybridized carbons (Fsp3) is 0.611. The van der Waals surface area contributed by atoms with Crippen molar-refractivity contribution < 1.29 is 14.3 Å². The van der Waals surface area contributed by atoms with Crippen LogP contribution in [0.2, 0.25) is 0 Å². The Morgan fingerprint density at radius 1 is 0.933 bits per heavy atom. The SMILES string of the molecule is Cc1cc(C)cc(-c2[nH]c3sc(C(C)(C)C(=O)N4C5CCC4CC5)cc3c2CCN2CCC(NC(=O)N3CCOCC3)CC2)c1. The van der Waals surface area contributed by atoms with Crippen molar-refractivity contribution in [2.75, 3.05) is 45.9 Å². The van der Waals surface area contributed by atoms with E-state index in [-0.39, 0.29) is 12.1 Å². The fourth-order valence-electron chi connectivity index (χ4n) is 8.24. The van der Waals surface area contributed by atoms with Gasteiger partial charge in [-0.05, 0) is 102 Å². The third-order valence-electron chi connectivity index (χ3n) is 10.8. The number of aromatic amines is 1. The number of rotatable bonds is 7. The summed E-state index contributed by atoms with van der Waals surface area (Å²) in [6.45, 7) is 14.1. The first-order valence-electron chi connectivity index (χ1n) is 17.1. The molecule has 4 aliphatic heterocycles. The standard InChI is InChI=1S/C36H49N5O3S/c1-23-19-24(2)21-25(20-23)32-29(11-14-39-12-9-26(10-13-39)37-35(43)40-15-17-44-18-16-40)30-22-31(45-33(30)38-32)36(3,4)34(42)41-27-5-6-28(41)8-7-27/h19-22,26-28,38H,5-18H2,1-4H3,(H,37,43). The van der Waals surface area contributed by atoms with Gasteiger partial charge in [0.1, 0.15) is 4.83 Å². The summed E-state index contributed by atoms with van der Waals surface area (Å²) < 4.78 is 5.40. The van der Waals surface area contributed by atoms with Crippen LogP contribution in [0.4, 0.5) is 4.79 Å². The number of hydrogen-bond acceptors (Lipinski definition) is 5. The van der Waals surface area contributed by atoms with Gasteiger partial charge in [0, 0.05) is 61.1 Å². The van der Waals surface area contributed by atoms with Gasteiger partial charge in [-0.3, -0.25) is 4.79 Å². The third kappa shape index (κ3) is 6.03. The van der Waals surface area contributed by atoms with Crippen molar-refractivity contribution >= 4 is 33.5 Å². The van der Waals surface area contributed by atoms with E-state index in [0.717, 1.165) is 43.8 Å². The van der Waals surface area contributed by atoms with Gasteiger partial charge in [-0.2, -0.15) is 0 Å². The smallest absolute Gasteiger partial charge is 0.317 e. The molecule has 4 fully saturated rings. The van der Waals surface area contributed by atoms with Crippen LogP contribution in [0.3, 0.4) is 0 Å². The number of hydrogen-bond donors (Lipinski definition) is 2. The van der Waals surface area contributed by atoms with Crippen LogP contribution in [-0.2, 0) is 21.4 Å². The number of H-pyrrole nitrogens is 1. The molecule has 2 N–H and O–H groups in total. The molecule has 4 saturated heterocycles. The van der Waals surface area contributed by atoms with Crippen LogP contribution >= 0.6 is 11.3 Å². The second-order valence-electron chi connectivity index (χ2n) is 14.4. The summed E-state index contributed by atoms with van der Waals surface area (Å²) >= 11 is 1.76. The number of thiophene rings is 1. The lowest BCUT2D eigenvalue weighted by Gasteiger charge is -2.34. The molecule has 3 amide bonds. The van der Waals surface area contributed by atoms with E-state index in [4.69, 9.17) is 4.74 Å². The lowest BCUT2D eigenvalue weighted by molar-refractivity contribution is -0.137. The number of carbonyl (C=O) groups excluding carboxylic acids is 2. The molecule has 0 spiro atoms. The van der Waals surface area contributed by atoms with Crippen LogP contribution in [0.1, 0.15) is 73.9 Å². The molecule has 242 valence electrons. The highest BCUT2D eigenvalue weighted by Gasteiger charge is 2.47. The van der Waals surface area contributed by atoms with E-state index >= 15 is 0 Å². The highest BCUT2D eigenvalue weighted by molar-refractivity contribution is 7.19. The summed E-state index contributed by atoms with van der Waals surface area (Å²) in [5.41, 5.74) is 5.79. The van der Waals surface area contributed by atoms with Crippen LogP contribution in [0, 0.1) is 13.8 Å². The largest absolute Gasteiger partial charge is 0.378 e. The second-order valence-corrected chi connectivity index (χ2v) is 15.5. The Morgan fingerprint density at radius 2 is 1.58 bits per heavy atom. The van der Waals surface area contributed by atoms with E-state index < -0.39 is 5.41 Å². The molecule has 6 heterocycles. The van der Waals surface area contributed by atoms with Crippen LogP contribution in [0.15, 0.2) is 24.3 Å². The fourth-order valence-corrected chi connectivity index (χ4v) is 9.42. The zero-order valence-corrected chi connectivity index (χ0v) is 28.2. The Bertz CT molecular complexity index is 1520. The number of carbonyl (C=O) groups is 2. The number of ether oxygens (including phenoxy) is 1. The minimum atomic E-state index is -0.541. The van der Waals surface area contributed by atoms with Gasteiger partial charge in [0.25, 0.3) is 0 Å². The van der Waals surface area contributed by atoms with E-state index in [0.29, 0.717) is 44.3 Å². The molecule has 0 aliphatic carbocycles. The van der Waals surface area contributed by atoms with Crippen LogP contribution < -0.4 is 5.32 Å². The monoisotopic (exact) mass is 631 g/mol. The number of aromatic nitrogens is 1. The van der Waals surface area contributed by atoms with Gasteiger partial charge in [-0.1, -0.05) is 17.2 Å². The van der Waals surface area contributed by atoms with Gasteiger partial charge < -0.3 is 29.7 Å². The highest BCUT2D eigenvalue weighted by Crippen LogP contribution is 2.44. The maximum Gasteiger partial charge on any atom is 0.317 e. The first-order chi connectivity index (χ1) is 21.7. The van der Waals surface area contributed by atoms with E-state index in [9.17, 15) is 9.59 Å². The molecule has 45 heavy (non-hydrogen) atoms. The molecule has 0 unspecified atom stereocenters. The number of amides is 3. The first-order valence-corrected chi connectivity index (χ1v) is 17.9. The Labute approximate surface area is 271 Å². The molecule has 8 nitrogen and oxygen atoms in total. The van der Waals surface area contributed by atoms with E-state index in [1.54, 1.807) is 11.3 Å². The Balaban J connectivity index is 1.09. The van der Waals surface area contributed by atoms with Crippen molar-refractivity contribution in [1.82, 2.24) is 25.0 Å². The molecular weight excluding hydrogens is 582 g/mol. The number of nitrogens with one attached hydrogen (secondary N) is 2. The van der Waals surface area contributed by atoms with Crippen LogP contribution in [0.25, 0.3) is 21.5 Å². The topological polar surface area (TPSA) is 80.9 Å². The minimum Gasteiger partial charge on any atom is -0.378 e. The summed E-state index contributed by atoms with van der Waals surface area (Å²) in [4.78, 5) is 39.5. The molecule has 3 aromatic rings. The normalized spacial score (nSPS) is 22.9. The van der Waals surface area contributed by atoms with Gasteiger partial charge in [-0.25, -0.2) is 4.79 Å². The number of nitrogens with zero attached hydrogens (tertiary/aromatic N) is 3. The number of piperidine rings is 1.